The molecular formula is C16H18F2N4O3. The van der Waals surface area contributed by atoms with Crippen molar-refractivity contribution < 1.29 is 23.5 Å². The first kappa shape index (κ1) is 18.5. The predicted molar refractivity (Wildman–Crippen MR) is 84.0 cm³/mol. The largest absolute Gasteiger partial charge is 0.481 e. The Kier molecular flexibility index (Phi) is 5.45. The van der Waals surface area contributed by atoms with Crippen LogP contribution in [-0.4, -0.2) is 50.5 Å². The molecule has 1 unspecified atom stereocenters. The first-order valence-electron chi connectivity index (χ1n) is 7.53. The Morgan fingerprint density at radius 3 is 2.64 bits per heavy atom. The van der Waals surface area contributed by atoms with E-state index in [1.807, 2.05) is 0 Å². The average molecular weight is 352 g/mol. The molecule has 0 bridgehead atoms. The monoisotopic (exact) mass is 352 g/mol. The second kappa shape index (κ2) is 7.37. The van der Waals surface area contributed by atoms with Gasteiger partial charge in [-0.1, -0.05) is 18.2 Å². The Morgan fingerprint density at radius 1 is 1.36 bits per heavy atom. The molecule has 1 heterocycles. The van der Waals surface area contributed by atoms with Gasteiger partial charge in [-0.05, 0) is 13.0 Å². The summed E-state index contributed by atoms with van der Waals surface area (Å²) < 4.78 is 28.0. The zero-order valence-corrected chi connectivity index (χ0v) is 14.0. The van der Waals surface area contributed by atoms with Crippen LogP contribution in [0.25, 0.3) is 0 Å². The number of carbonyl (C=O) groups excluding carboxylic acids is 1. The third kappa shape index (κ3) is 4.17. The van der Waals surface area contributed by atoms with Gasteiger partial charge in [0.2, 0.25) is 0 Å². The lowest BCUT2D eigenvalue weighted by Gasteiger charge is -2.18. The van der Waals surface area contributed by atoms with E-state index < -0.39 is 29.4 Å². The van der Waals surface area contributed by atoms with Gasteiger partial charge in [0.1, 0.15) is 11.6 Å². The summed E-state index contributed by atoms with van der Waals surface area (Å²) in [4.78, 5) is 24.5. The lowest BCUT2D eigenvalue weighted by molar-refractivity contribution is -0.141. The number of hydrogen-bond donors (Lipinski definition) is 1. The maximum Gasteiger partial charge on any atom is 0.308 e. The van der Waals surface area contributed by atoms with E-state index in [1.54, 1.807) is 6.92 Å². The highest BCUT2D eigenvalue weighted by Crippen LogP contribution is 2.14. The Labute approximate surface area is 142 Å². The van der Waals surface area contributed by atoms with E-state index in [1.165, 1.54) is 29.6 Å². The molecule has 0 radical (unpaired) electrons. The molecule has 1 aromatic heterocycles. The normalized spacial score (nSPS) is 12.0. The zero-order valence-electron chi connectivity index (χ0n) is 14.0. The van der Waals surface area contributed by atoms with Gasteiger partial charge < -0.3 is 10.0 Å². The minimum atomic E-state index is -1.01. The van der Waals surface area contributed by atoms with Crippen molar-refractivity contribution in [2.45, 2.75) is 20.4 Å². The summed E-state index contributed by atoms with van der Waals surface area (Å²) in [5, 5.41) is 16.6. The molecule has 0 aliphatic heterocycles. The Hall–Kier alpha value is -2.84. The van der Waals surface area contributed by atoms with Crippen LogP contribution in [0.15, 0.2) is 18.2 Å². The zero-order chi connectivity index (χ0) is 18.7. The van der Waals surface area contributed by atoms with Gasteiger partial charge in [0.15, 0.2) is 5.69 Å². The Bertz CT molecular complexity index is 807. The van der Waals surface area contributed by atoms with Gasteiger partial charge in [0, 0.05) is 25.2 Å². The smallest absolute Gasteiger partial charge is 0.308 e. The molecule has 1 amide bonds. The van der Waals surface area contributed by atoms with Gasteiger partial charge in [-0.15, -0.1) is 5.10 Å². The number of carboxylic acids is 1. The Morgan fingerprint density at radius 2 is 2.04 bits per heavy atom. The fraction of sp³-hybridized carbons (Fsp3) is 0.375. The molecular weight excluding hydrogens is 334 g/mol. The van der Waals surface area contributed by atoms with Crippen molar-refractivity contribution in [2.24, 2.45) is 5.92 Å². The van der Waals surface area contributed by atoms with Crippen molar-refractivity contribution in [2.75, 3.05) is 13.6 Å². The van der Waals surface area contributed by atoms with Gasteiger partial charge >= 0.3 is 5.97 Å². The molecule has 0 spiro atoms. The molecule has 134 valence electrons. The first-order chi connectivity index (χ1) is 11.7. The van der Waals surface area contributed by atoms with Crippen LogP contribution >= 0.6 is 0 Å². The number of aromatic nitrogens is 3. The van der Waals surface area contributed by atoms with E-state index >= 15 is 0 Å². The third-order valence-electron chi connectivity index (χ3n) is 3.84. The van der Waals surface area contributed by atoms with Gasteiger partial charge in [-0.2, -0.15) is 0 Å². The topological polar surface area (TPSA) is 88.3 Å². The van der Waals surface area contributed by atoms with E-state index in [-0.39, 0.29) is 24.3 Å². The predicted octanol–water partition coefficient (Wildman–Crippen LogP) is 1.71. The van der Waals surface area contributed by atoms with Gasteiger partial charge in [-0.25, -0.2) is 13.5 Å². The van der Waals surface area contributed by atoms with E-state index in [2.05, 4.69) is 10.3 Å². The summed E-state index contributed by atoms with van der Waals surface area (Å²) in [5.74, 6) is -3.60. The molecule has 0 aliphatic carbocycles. The summed E-state index contributed by atoms with van der Waals surface area (Å²) in [7, 11) is 1.47. The van der Waals surface area contributed by atoms with Crippen LogP contribution in [0.3, 0.4) is 0 Å². The fourth-order valence-electron chi connectivity index (χ4n) is 2.27. The van der Waals surface area contributed by atoms with Crippen LogP contribution in [0.1, 0.15) is 28.7 Å². The fourth-order valence-corrected chi connectivity index (χ4v) is 2.27. The summed E-state index contributed by atoms with van der Waals surface area (Å²) in [6.07, 6.45) is 0. The highest BCUT2D eigenvalue weighted by Gasteiger charge is 2.23. The third-order valence-corrected chi connectivity index (χ3v) is 3.84. The van der Waals surface area contributed by atoms with Crippen molar-refractivity contribution in [3.05, 3.63) is 46.8 Å². The summed E-state index contributed by atoms with van der Waals surface area (Å²) in [6, 6.07) is 3.21. The van der Waals surface area contributed by atoms with Crippen molar-refractivity contribution in [3.8, 4) is 0 Å². The number of carbonyl (C=O) groups is 2. The number of nitrogens with zero attached hydrogens (tertiary/aromatic N) is 4. The molecule has 9 heteroatoms. The Balaban J connectivity index is 2.17. The van der Waals surface area contributed by atoms with Crippen LogP contribution < -0.4 is 0 Å². The molecule has 0 fully saturated rings. The summed E-state index contributed by atoms with van der Waals surface area (Å²) in [5.41, 5.74) is 0.674. The van der Waals surface area contributed by atoms with Crippen LogP contribution in [0.5, 0.6) is 0 Å². The molecule has 2 aromatic rings. The molecule has 7 nitrogen and oxygen atoms in total. The summed E-state index contributed by atoms with van der Waals surface area (Å²) >= 11 is 0. The van der Waals surface area contributed by atoms with Crippen LogP contribution in [0, 0.1) is 24.5 Å². The van der Waals surface area contributed by atoms with Crippen molar-refractivity contribution in [1.29, 1.82) is 0 Å². The molecule has 25 heavy (non-hydrogen) atoms. The van der Waals surface area contributed by atoms with Crippen molar-refractivity contribution in [3.63, 3.8) is 0 Å². The van der Waals surface area contributed by atoms with E-state index in [0.29, 0.717) is 5.69 Å². The van der Waals surface area contributed by atoms with Crippen molar-refractivity contribution in [1.82, 2.24) is 19.9 Å². The number of halogens is 2. The van der Waals surface area contributed by atoms with Crippen LogP contribution in [0.2, 0.25) is 0 Å². The van der Waals surface area contributed by atoms with Crippen molar-refractivity contribution >= 4 is 11.9 Å². The maximum absolute atomic E-state index is 13.7. The average Bonchev–Trinajstić information content (AvgIpc) is 2.90. The minimum Gasteiger partial charge on any atom is -0.481 e. The standard InChI is InChI=1S/C16H18F2N4O3/c1-9(16(24)25)7-21(3)15(23)14-10(2)22(20-19-14)8-11-4-5-12(17)6-13(11)18/h4-6,9H,7-8H2,1-3H3,(H,24,25). The molecule has 1 N–H and O–H groups in total. The van der Waals surface area contributed by atoms with Gasteiger partial charge in [0.05, 0.1) is 18.2 Å². The number of rotatable bonds is 6. The number of hydrogen-bond acceptors (Lipinski definition) is 4. The molecule has 1 aromatic carbocycles. The van der Waals surface area contributed by atoms with E-state index in [9.17, 15) is 18.4 Å². The maximum atomic E-state index is 13.7. The highest BCUT2D eigenvalue weighted by atomic mass is 19.1. The quantitative estimate of drug-likeness (QED) is 0.855. The van der Waals surface area contributed by atoms with E-state index in [0.717, 1.165) is 12.1 Å². The highest BCUT2D eigenvalue weighted by molar-refractivity contribution is 5.93. The second-order valence-corrected chi connectivity index (χ2v) is 5.84. The molecule has 0 aliphatic rings. The van der Waals surface area contributed by atoms with Gasteiger partial charge in [-0.3, -0.25) is 9.59 Å². The molecule has 1 atom stereocenters. The number of carboxylic acid groups (broad SMARTS) is 1. The molecule has 0 saturated carbocycles. The molecule has 0 saturated heterocycles. The van der Waals surface area contributed by atoms with Crippen LogP contribution in [0.4, 0.5) is 8.78 Å². The van der Waals surface area contributed by atoms with Crippen LogP contribution in [-0.2, 0) is 11.3 Å². The number of benzene rings is 1. The lowest BCUT2D eigenvalue weighted by Crippen LogP contribution is -2.34. The SMILES string of the molecule is Cc1c(C(=O)N(C)CC(C)C(=O)O)nnn1Cc1ccc(F)cc1F. The first-order valence-corrected chi connectivity index (χ1v) is 7.53. The number of amides is 1. The van der Waals surface area contributed by atoms with E-state index in [4.69, 9.17) is 5.11 Å². The minimum absolute atomic E-state index is 0.00648. The lowest BCUT2D eigenvalue weighted by atomic mass is 10.1. The van der Waals surface area contributed by atoms with Gasteiger partial charge in [0.25, 0.3) is 5.91 Å². The number of aliphatic carboxylic acids is 1. The second-order valence-electron chi connectivity index (χ2n) is 5.84. The molecule has 2 rings (SSSR count). The summed E-state index contributed by atoms with van der Waals surface area (Å²) in [6.45, 7) is 3.11.